The summed E-state index contributed by atoms with van der Waals surface area (Å²) >= 11 is 9.41. The van der Waals surface area contributed by atoms with Gasteiger partial charge in [0, 0.05) is 22.7 Å². The van der Waals surface area contributed by atoms with E-state index < -0.39 is 0 Å². The summed E-state index contributed by atoms with van der Waals surface area (Å²) in [4.78, 5) is 0. The molecule has 2 nitrogen and oxygen atoms in total. The Morgan fingerprint density at radius 1 is 1.47 bits per heavy atom. The number of anilines is 1. The smallest absolute Gasteiger partial charge is 0.0568 e. The van der Waals surface area contributed by atoms with Crippen molar-refractivity contribution in [3.05, 3.63) is 27.7 Å². The first-order valence-corrected chi connectivity index (χ1v) is 6.35. The molecule has 0 amide bonds. The molecular weight excluding hydrogens is 275 g/mol. The minimum Gasteiger partial charge on any atom is -0.381 e. The predicted molar refractivity (Wildman–Crippen MR) is 68.7 cm³/mol. The standard InChI is InChI=1S/C11H14BrClN2/c12-10-4-3-8(6-11(10)13)15-9-2-1-5-14-7-9/h3-4,6,9,14-15H,1-2,5,7H2. The normalized spacial score (nSPS) is 21.3. The molecule has 1 aliphatic heterocycles. The fourth-order valence-electron chi connectivity index (χ4n) is 1.80. The third-order valence-corrected chi connectivity index (χ3v) is 3.82. The fourth-order valence-corrected chi connectivity index (χ4v) is 2.22. The largest absolute Gasteiger partial charge is 0.381 e. The second kappa shape index (κ2) is 5.19. The van der Waals surface area contributed by atoms with Gasteiger partial charge in [-0.05, 0) is 53.5 Å². The van der Waals surface area contributed by atoms with Crippen LogP contribution >= 0.6 is 27.5 Å². The van der Waals surface area contributed by atoms with Crippen LogP contribution in [0.2, 0.25) is 5.02 Å². The highest BCUT2D eigenvalue weighted by Gasteiger charge is 2.12. The van der Waals surface area contributed by atoms with Gasteiger partial charge in [-0.1, -0.05) is 11.6 Å². The van der Waals surface area contributed by atoms with Crippen LogP contribution in [-0.2, 0) is 0 Å². The monoisotopic (exact) mass is 288 g/mol. The lowest BCUT2D eigenvalue weighted by Gasteiger charge is -2.24. The highest BCUT2D eigenvalue weighted by Crippen LogP contribution is 2.26. The second-order valence-corrected chi connectivity index (χ2v) is 5.08. The van der Waals surface area contributed by atoms with E-state index in [1.807, 2.05) is 18.2 Å². The van der Waals surface area contributed by atoms with E-state index in [0.29, 0.717) is 6.04 Å². The molecular formula is C11H14BrClN2. The van der Waals surface area contributed by atoms with Gasteiger partial charge in [-0.3, -0.25) is 0 Å². The van der Waals surface area contributed by atoms with Crippen LogP contribution in [0.15, 0.2) is 22.7 Å². The van der Waals surface area contributed by atoms with E-state index >= 15 is 0 Å². The van der Waals surface area contributed by atoms with Crippen molar-refractivity contribution in [1.82, 2.24) is 5.32 Å². The second-order valence-electron chi connectivity index (χ2n) is 3.82. The van der Waals surface area contributed by atoms with E-state index in [0.717, 1.165) is 28.3 Å². The number of hydrogen-bond donors (Lipinski definition) is 2. The maximum atomic E-state index is 6.03. The Morgan fingerprint density at radius 2 is 2.33 bits per heavy atom. The summed E-state index contributed by atoms with van der Waals surface area (Å²) in [5.74, 6) is 0. The molecule has 0 spiro atoms. The van der Waals surface area contributed by atoms with Crippen molar-refractivity contribution >= 4 is 33.2 Å². The van der Waals surface area contributed by atoms with Crippen molar-refractivity contribution in [3.63, 3.8) is 0 Å². The van der Waals surface area contributed by atoms with Gasteiger partial charge in [0.1, 0.15) is 0 Å². The van der Waals surface area contributed by atoms with Crippen LogP contribution < -0.4 is 10.6 Å². The third-order valence-electron chi connectivity index (χ3n) is 2.59. The van der Waals surface area contributed by atoms with Crippen LogP contribution in [0.3, 0.4) is 0 Å². The zero-order chi connectivity index (χ0) is 10.7. The molecule has 2 rings (SSSR count). The zero-order valence-electron chi connectivity index (χ0n) is 8.39. The molecule has 1 fully saturated rings. The van der Waals surface area contributed by atoms with Crippen molar-refractivity contribution in [2.24, 2.45) is 0 Å². The molecule has 1 aliphatic rings. The van der Waals surface area contributed by atoms with Crippen molar-refractivity contribution in [2.45, 2.75) is 18.9 Å². The minimum atomic E-state index is 0.524. The number of halogens is 2. The summed E-state index contributed by atoms with van der Waals surface area (Å²) in [5, 5.41) is 7.61. The SMILES string of the molecule is Clc1cc(NC2CCCNC2)ccc1Br. The highest BCUT2D eigenvalue weighted by atomic mass is 79.9. The van der Waals surface area contributed by atoms with E-state index in [4.69, 9.17) is 11.6 Å². The summed E-state index contributed by atoms with van der Waals surface area (Å²) in [6.07, 6.45) is 2.46. The molecule has 15 heavy (non-hydrogen) atoms. The Kier molecular flexibility index (Phi) is 3.89. The quantitative estimate of drug-likeness (QED) is 0.873. The molecule has 0 radical (unpaired) electrons. The van der Waals surface area contributed by atoms with Gasteiger partial charge in [0.25, 0.3) is 0 Å². The Morgan fingerprint density at radius 3 is 3.00 bits per heavy atom. The van der Waals surface area contributed by atoms with Crippen molar-refractivity contribution < 1.29 is 0 Å². The summed E-state index contributed by atoms with van der Waals surface area (Å²) in [6.45, 7) is 2.17. The first-order chi connectivity index (χ1) is 7.25. The maximum Gasteiger partial charge on any atom is 0.0568 e. The minimum absolute atomic E-state index is 0.524. The third kappa shape index (κ3) is 3.10. The van der Waals surface area contributed by atoms with Gasteiger partial charge in [-0.15, -0.1) is 0 Å². The Labute approximate surface area is 104 Å². The number of nitrogens with one attached hydrogen (secondary N) is 2. The Bertz CT molecular complexity index is 337. The van der Waals surface area contributed by atoms with E-state index in [9.17, 15) is 0 Å². The molecule has 0 saturated carbocycles. The van der Waals surface area contributed by atoms with Gasteiger partial charge in [-0.2, -0.15) is 0 Å². The lowest BCUT2D eigenvalue weighted by atomic mass is 10.1. The number of hydrogen-bond acceptors (Lipinski definition) is 2. The van der Waals surface area contributed by atoms with E-state index in [1.54, 1.807) is 0 Å². The molecule has 4 heteroatoms. The first-order valence-electron chi connectivity index (χ1n) is 5.18. The average Bonchev–Trinajstić information content (AvgIpc) is 2.25. The lowest BCUT2D eigenvalue weighted by Crippen LogP contribution is -2.38. The maximum absolute atomic E-state index is 6.03. The topological polar surface area (TPSA) is 24.1 Å². The summed E-state index contributed by atoms with van der Waals surface area (Å²) in [6, 6.07) is 6.50. The van der Waals surface area contributed by atoms with E-state index in [-0.39, 0.29) is 0 Å². The molecule has 0 aliphatic carbocycles. The van der Waals surface area contributed by atoms with Crippen molar-refractivity contribution in [1.29, 1.82) is 0 Å². The molecule has 1 saturated heterocycles. The molecule has 0 aromatic heterocycles. The molecule has 0 bridgehead atoms. The molecule has 1 atom stereocenters. The number of rotatable bonds is 2. The van der Waals surface area contributed by atoms with Gasteiger partial charge >= 0.3 is 0 Å². The van der Waals surface area contributed by atoms with Crippen LogP contribution in [0, 0.1) is 0 Å². The van der Waals surface area contributed by atoms with Crippen LogP contribution in [0.25, 0.3) is 0 Å². The van der Waals surface area contributed by atoms with Gasteiger partial charge in [0.05, 0.1) is 5.02 Å². The average molecular weight is 290 g/mol. The van der Waals surface area contributed by atoms with E-state index in [2.05, 4.69) is 26.6 Å². The van der Waals surface area contributed by atoms with Crippen molar-refractivity contribution in [2.75, 3.05) is 18.4 Å². The van der Waals surface area contributed by atoms with Gasteiger partial charge in [0.2, 0.25) is 0 Å². The van der Waals surface area contributed by atoms with Gasteiger partial charge < -0.3 is 10.6 Å². The van der Waals surface area contributed by atoms with Crippen LogP contribution in [0.1, 0.15) is 12.8 Å². The van der Waals surface area contributed by atoms with E-state index in [1.165, 1.54) is 12.8 Å². The fraction of sp³-hybridized carbons (Fsp3) is 0.455. The Balaban J connectivity index is 2.00. The summed E-state index contributed by atoms with van der Waals surface area (Å²) < 4.78 is 0.941. The summed E-state index contributed by atoms with van der Waals surface area (Å²) in [5.41, 5.74) is 1.09. The van der Waals surface area contributed by atoms with Crippen LogP contribution in [0.4, 0.5) is 5.69 Å². The van der Waals surface area contributed by atoms with Crippen molar-refractivity contribution in [3.8, 4) is 0 Å². The molecule has 1 aromatic carbocycles. The molecule has 82 valence electrons. The summed E-state index contributed by atoms with van der Waals surface area (Å²) in [7, 11) is 0. The van der Waals surface area contributed by atoms with Crippen LogP contribution in [-0.4, -0.2) is 19.1 Å². The zero-order valence-corrected chi connectivity index (χ0v) is 10.7. The van der Waals surface area contributed by atoms with Gasteiger partial charge in [-0.25, -0.2) is 0 Å². The van der Waals surface area contributed by atoms with Crippen LogP contribution in [0.5, 0.6) is 0 Å². The number of benzene rings is 1. The molecule has 1 aromatic rings. The molecule has 1 heterocycles. The van der Waals surface area contributed by atoms with Gasteiger partial charge in [0.15, 0.2) is 0 Å². The number of piperidine rings is 1. The predicted octanol–water partition coefficient (Wildman–Crippen LogP) is 3.27. The Hall–Kier alpha value is -0.250. The highest BCUT2D eigenvalue weighted by molar-refractivity contribution is 9.10. The first kappa shape index (κ1) is 11.2. The molecule has 2 N–H and O–H groups in total. The molecule has 1 unspecified atom stereocenters. The lowest BCUT2D eigenvalue weighted by molar-refractivity contribution is 0.480.